The Balaban J connectivity index is 0. The second-order valence-electron chi connectivity index (χ2n) is 0.845. The van der Waals surface area contributed by atoms with Crippen LogP contribution in [0.5, 0.6) is 0 Å². The molecule has 0 saturated heterocycles. The largest absolute Gasteiger partial charge is 0.542 e. The van der Waals surface area contributed by atoms with Crippen LogP contribution < -0.4 is 0 Å². The van der Waals surface area contributed by atoms with Gasteiger partial charge in [-0.1, -0.05) is 0 Å². The third-order valence-corrected chi connectivity index (χ3v) is 0.377. The molecule has 0 aromatic rings. The van der Waals surface area contributed by atoms with Crippen molar-refractivity contribution in [3.63, 3.8) is 0 Å². The van der Waals surface area contributed by atoms with Gasteiger partial charge in [-0.05, 0) is 6.92 Å². The summed E-state index contributed by atoms with van der Waals surface area (Å²) < 4.78 is 4.25. The molecule has 0 unspecified atom stereocenters. The average Bonchev–Trinajstić information content (AvgIpc) is 1.68. The maximum atomic E-state index is 9.89. The Morgan fingerprint density at radius 3 is 2.50 bits per heavy atom. The van der Waals surface area contributed by atoms with Gasteiger partial charge in [-0.3, -0.25) is 0 Å². The van der Waals surface area contributed by atoms with Gasteiger partial charge in [-0.15, -0.1) is 0 Å². The first-order valence-corrected chi connectivity index (χ1v) is 1.90. The van der Waals surface area contributed by atoms with E-state index < -0.39 is 5.97 Å². The van der Waals surface area contributed by atoms with Crippen LogP contribution in [0.25, 0.3) is 0 Å². The van der Waals surface area contributed by atoms with E-state index in [0.717, 1.165) is 0 Å². The van der Waals surface area contributed by atoms with Crippen molar-refractivity contribution in [2.45, 2.75) is 6.92 Å². The zero-order valence-electron chi connectivity index (χ0n) is 4.73. The van der Waals surface area contributed by atoms with Crippen molar-refractivity contribution in [2.75, 3.05) is 6.61 Å². The van der Waals surface area contributed by atoms with Gasteiger partial charge in [0.2, 0.25) is 5.97 Å². The smallest absolute Gasteiger partial charge is 0.217 e. The van der Waals surface area contributed by atoms with Crippen LogP contribution in [0.1, 0.15) is 6.92 Å². The predicted molar refractivity (Wildman–Crippen MR) is 23.8 cm³/mol. The monoisotopic (exact) mass is 364 g/mol. The van der Waals surface area contributed by atoms with Crippen LogP contribution in [0.4, 0.5) is 0 Å². The number of ether oxygens (including phenoxy) is 1. The Labute approximate surface area is 42.5 Å². The minimum absolute atomic E-state index is 0. The van der Waals surface area contributed by atoms with E-state index in [-0.39, 0.29) is 0 Å². The molecule has 8 heavy (non-hydrogen) atoms. The molecule has 2 nitrogen and oxygen atoms in total. The molecule has 0 aliphatic rings. The van der Waals surface area contributed by atoms with Crippen molar-refractivity contribution in [1.29, 1.82) is 0 Å². The fourth-order valence-corrected chi connectivity index (χ4v) is 0.167. The zero-order valence-corrected chi connectivity index (χ0v) is 11.1. The Kier molecular flexibility index (Phi) is 5.91. The molecule has 0 radical (unpaired) electrons. The summed E-state index contributed by atoms with van der Waals surface area (Å²) in [6, 6.07) is 0. The summed E-state index contributed by atoms with van der Waals surface area (Å²) in [6.07, 6.45) is 6.19. The van der Waals surface area contributed by atoms with Gasteiger partial charge in [0.25, 0.3) is 0 Å². The van der Waals surface area contributed by atoms with Crippen LogP contribution in [0.2, 0.25) is 0 Å². The number of hydrogen-bond acceptors (Lipinski definition) is 2. The second-order valence-corrected chi connectivity index (χ2v) is 0.845. The van der Waals surface area contributed by atoms with Crippen LogP contribution in [-0.2, 0) is 9.53 Å². The molecule has 0 saturated carbocycles. The summed E-state index contributed by atoms with van der Waals surface area (Å²) in [4.78, 5) is 9.89. The third-order valence-electron chi connectivity index (χ3n) is 0.377. The summed E-state index contributed by atoms with van der Waals surface area (Å²) in [5.74, 6) is 0.849. The van der Waals surface area contributed by atoms with E-state index >= 15 is 0 Å². The maximum absolute atomic E-state index is 9.89. The van der Waals surface area contributed by atoms with Crippen molar-refractivity contribution in [3.8, 4) is 5.92 Å². The van der Waals surface area contributed by atoms with Gasteiger partial charge in [0.15, 0.2) is 0 Å². The molecule has 0 heterocycles. The van der Waals surface area contributed by atoms with Gasteiger partial charge in [0, 0.05) is 0 Å². The van der Waals surface area contributed by atoms with Crippen molar-refractivity contribution in [3.05, 3.63) is 6.42 Å². The van der Waals surface area contributed by atoms with E-state index in [2.05, 4.69) is 4.74 Å². The van der Waals surface area contributed by atoms with E-state index in [0.29, 0.717) is 6.61 Å². The van der Waals surface area contributed by atoms with Gasteiger partial charge < -0.3 is 16.0 Å². The van der Waals surface area contributed by atoms with E-state index in [1.165, 1.54) is 0 Å². The van der Waals surface area contributed by atoms with Gasteiger partial charge in [0.05, 0.1) is 6.61 Å². The summed E-state index contributed by atoms with van der Waals surface area (Å²) >= 11 is 0. The van der Waals surface area contributed by atoms with Crippen molar-refractivity contribution in [2.24, 2.45) is 0 Å². The number of carbonyl (C=O) groups is 1. The van der Waals surface area contributed by atoms with Gasteiger partial charge in [-0.2, -0.15) is 0 Å². The molecule has 40 valence electrons. The fourth-order valence-electron chi connectivity index (χ4n) is 0.167. The Morgan fingerprint density at radius 2 is 2.38 bits per heavy atom. The minimum atomic E-state index is -0.706. The molecule has 0 fully saturated rings. The molecule has 0 aliphatic heterocycles. The SMILES string of the molecule is [C-]#CC(=O)OCC.[Rf]. The molecule has 0 bridgehead atoms. The summed E-state index contributed by atoms with van der Waals surface area (Å²) in [6.45, 7) is 1.99. The third kappa shape index (κ3) is 4.03. The van der Waals surface area contributed by atoms with Gasteiger partial charge in [-0.25, -0.2) is 5.92 Å². The molecular formula is C5H5O2Rf-. The number of rotatable bonds is 1. The number of hydrogen-bond donors (Lipinski definition) is 0. The molecular weight excluding hydrogens is 359 g/mol. The number of esters is 1. The van der Waals surface area contributed by atoms with Crippen LogP contribution in [0.15, 0.2) is 0 Å². The first-order valence-electron chi connectivity index (χ1n) is 1.90. The first-order chi connectivity index (χ1) is 3.31. The Morgan fingerprint density at radius 1 is 1.88 bits per heavy atom. The molecule has 0 aromatic carbocycles. The molecule has 0 aromatic heterocycles. The van der Waals surface area contributed by atoms with Crippen molar-refractivity contribution < 1.29 is 9.53 Å². The van der Waals surface area contributed by atoms with E-state index in [9.17, 15) is 4.79 Å². The normalized spacial score (nSPS) is 6.00. The minimum Gasteiger partial charge on any atom is -0.542 e. The first kappa shape index (κ1) is 9.39. The van der Waals surface area contributed by atoms with Crippen molar-refractivity contribution in [1.82, 2.24) is 0 Å². The second kappa shape index (κ2) is 5.03. The topological polar surface area (TPSA) is 26.3 Å². The summed E-state index contributed by atoms with van der Waals surface area (Å²) in [5.41, 5.74) is 0. The molecule has 0 amide bonds. The fraction of sp³-hybridized carbons (Fsp3) is 0.400. The van der Waals surface area contributed by atoms with Gasteiger partial charge in [0.1, 0.15) is 0 Å². The Bertz CT molecular complexity index is 103. The van der Waals surface area contributed by atoms with Crippen LogP contribution in [0.3, 0.4) is 0 Å². The summed E-state index contributed by atoms with van der Waals surface area (Å²) in [7, 11) is 0. The molecule has 0 spiro atoms. The Hall–Kier alpha value is -1.97. The van der Waals surface area contributed by atoms with Crippen molar-refractivity contribution >= 4 is 5.97 Å². The number of carbonyl (C=O) groups excluding carboxylic acids is 1. The average molecular weight is 364 g/mol. The molecule has 0 atom stereocenters. The van der Waals surface area contributed by atoms with E-state index in [1.54, 1.807) is 12.8 Å². The van der Waals surface area contributed by atoms with Crippen LogP contribution in [-0.4, -0.2) is 12.6 Å². The summed E-state index contributed by atoms with van der Waals surface area (Å²) in [5, 5.41) is 0. The predicted octanol–water partition coefficient (Wildman–Crippen LogP) is 0.139. The molecule has 0 rings (SSSR count). The van der Waals surface area contributed by atoms with Crippen LogP contribution in [0, 0.1) is 12.3 Å². The molecule has 0 aliphatic carbocycles. The standard InChI is InChI=1S/C5H5O2.Rf/c1-3-5(6)7-4-2;/h4H2,2H3;/q-1;. The van der Waals surface area contributed by atoms with Gasteiger partial charge >= 0.3 is 0 Å². The van der Waals surface area contributed by atoms with E-state index in [1.807, 2.05) is 0 Å². The zero-order chi connectivity index (χ0) is 5.70. The quantitative estimate of drug-likeness (QED) is 0.376. The van der Waals surface area contributed by atoms with E-state index in [4.69, 9.17) is 6.42 Å². The molecule has 3 heteroatoms. The molecule has 0 N–H and O–H groups in total. The maximum Gasteiger partial charge on any atom is 0.217 e. The van der Waals surface area contributed by atoms with Crippen LogP contribution >= 0.6 is 0 Å².